The molecule has 0 radical (unpaired) electrons. The predicted octanol–water partition coefficient (Wildman–Crippen LogP) is 3.51. The van der Waals surface area contributed by atoms with Crippen molar-refractivity contribution in [3.05, 3.63) is 65.7 Å². The van der Waals surface area contributed by atoms with E-state index in [1.807, 2.05) is 37.3 Å². The van der Waals surface area contributed by atoms with E-state index in [9.17, 15) is 9.59 Å². The fourth-order valence-electron chi connectivity index (χ4n) is 2.52. The third kappa shape index (κ3) is 6.33. The molecular formula is C21H27N3O2. The molecule has 2 aromatic rings. The van der Waals surface area contributed by atoms with Gasteiger partial charge in [-0.3, -0.25) is 9.59 Å². The van der Waals surface area contributed by atoms with Crippen LogP contribution < -0.4 is 16.0 Å². The van der Waals surface area contributed by atoms with Gasteiger partial charge in [0.05, 0.1) is 12.6 Å². The van der Waals surface area contributed by atoms with Crippen LogP contribution in [0, 0.1) is 0 Å². The zero-order valence-corrected chi connectivity index (χ0v) is 15.4. The lowest BCUT2D eigenvalue weighted by atomic mass is 10.1. The van der Waals surface area contributed by atoms with Crippen molar-refractivity contribution in [1.82, 2.24) is 10.6 Å². The Morgan fingerprint density at radius 1 is 1.00 bits per heavy atom. The summed E-state index contributed by atoms with van der Waals surface area (Å²) < 4.78 is 0. The molecule has 3 N–H and O–H groups in total. The number of amides is 2. The van der Waals surface area contributed by atoms with Gasteiger partial charge in [-0.1, -0.05) is 43.7 Å². The molecule has 0 fully saturated rings. The number of carbonyl (C=O) groups excluding carboxylic acids is 2. The lowest BCUT2D eigenvalue weighted by Gasteiger charge is -2.14. The largest absolute Gasteiger partial charge is 0.346 e. The summed E-state index contributed by atoms with van der Waals surface area (Å²) in [6, 6.07) is 16.7. The number of unbranched alkanes of at least 4 members (excludes halogenated alkanes) is 1. The molecule has 0 aliphatic rings. The highest BCUT2D eigenvalue weighted by molar-refractivity contribution is 5.96. The Bertz CT molecular complexity index is 699. The maximum absolute atomic E-state index is 12.4. The quantitative estimate of drug-likeness (QED) is 0.604. The van der Waals surface area contributed by atoms with E-state index < -0.39 is 0 Å². The van der Waals surface area contributed by atoms with Gasteiger partial charge in [0.2, 0.25) is 5.91 Å². The van der Waals surface area contributed by atoms with Crippen LogP contribution in [0.15, 0.2) is 54.6 Å². The Morgan fingerprint density at radius 2 is 1.69 bits per heavy atom. The van der Waals surface area contributed by atoms with Gasteiger partial charge in [0.1, 0.15) is 0 Å². The number of hydrogen-bond acceptors (Lipinski definition) is 3. The maximum Gasteiger partial charge on any atom is 0.251 e. The lowest BCUT2D eigenvalue weighted by Crippen LogP contribution is -2.29. The molecule has 0 saturated heterocycles. The van der Waals surface area contributed by atoms with Gasteiger partial charge in [-0.25, -0.2) is 0 Å². The van der Waals surface area contributed by atoms with Crippen molar-refractivity contribution in [2.75, 3.05) is 18.4 Å². The zero-order chi connectivity index (χ0) is 18.8. The molecule has 5 nitrogen and oxygen atoms in total. The third-order valence-electron chi connectivity index (χ3n) is 4.07. The first-order valence-corrected chi connectivity index (χ1v) is 9.06. The number of nitrogens with one attached hydrogen (secondary N) is 3. The molecule has 26 heavy (non-hydrogen) atoms. The Hall–Kier alpha value is -2.66. The topological polar surface area (TPSA) is 70.2 Å². The summed E-state index contributed by atoms with van der Waals surface area (Å²) in [4.78, 5) is 24.2. The molecule has 0 spiro atoms. The van der Waals surface area contributed by atoms with Crippen molar-refractivity contribution in [1.29, 1.82) is 0 Å². The van der Waals surface area contributed by atoms with E-state index in [1.54, 1.807) is 24.3 Å². The molecule has 0 heterocycles. The fourth-order valence-corrected chi connectivity index (χ4v) is 2.52. The molecule has 2 amide bonds. The first kappa shape index (κ1) is 19.7. The van der Waals surface area contributed by atoms with Crippen LogP contribution in [-0.2, 0) is 4.79 Å². The average molecular weight is 353 g/mol. The number of hydrogen-bond donors (Lipinski definition) is 3. The predicted molar refractivity (Wildman–Crippen MR) is 105 cm³/mol. The highest BCUT2D eigenvalue weighted by Gasteiger charge is 2.11. The van der Waals surface area contributed by atoms with E-state index in [0.29, 0.717) is 11.3 Å². The highest BCUT2D eigenvalue weighted by Crippen LogP contribution is 2.14. The Balaban J connectivity index is 1.84. The number of rotatable bonds is 9. The standard InChI is InChI=1S/C21H27N3O2/c1-3-4-14-22-15-20(25)24-19-12-10-18(11-13-19)21(26)23-16(2)17-8-6-5-7-9-17/h5-13,16,22H,3-4,14-15H2,1-2H3,(H,23,26)(H,24,25). The number of carbonyl (C=O) groups is 2. The van der Waals surface area contributed by atoms with Gasteiger partial charge in [-0.15, -0.1) is 0 Å². The Labute approximate surface area is 155 Å². The number of benzene rings is 2. The van der Waals surface area contributed by atoms with Crippen molar-refractivity contribution in [2.45, 2.75) is 32.7 Å². The minimum absolute atomic E-state index is 0.0720. The summed E-state index contributed by atoms with van der Waals surface area (Å²) in [5, 5.41) is 8.89. The second kappa shape index (κ2) is 10.4. The van der Waals surface area contributed by atoms with Crippen molar-refractivity contribution < 1.29 is 9.59 Å². The van der Waals surface area contributed by atoms with E-state index in [-0.39, 0.29) is 24.4 Å². The molecule has 138 valence electrons. The summed E-state index contributed by atoms with van der Waals surface area (Å²) in [5.74, 6) is -0.225. The van der Waals surface area contributed by atoms with Gasteiger partial charge in [0, 0.05) is 11.3 Å². The van der Waals surface area contributed by atoms with Crippen LogP contribution in [0.25, 0.3) is 0 Å². The number of anilines is 1. The van der Waals surface area contributed by atoms with E-state index in [0.717, 1.165) is 24.9 Å². The molecule has 0 aliphatic carbocycles. The summed E-state index contributed by atoms with van der Waals surface area (Å²) >= 11 is 0. The molecule has 5 heteroatoms. The van der Waals surface area contributed by atoms with Crippen LogP contribution in [0.3, 0.4) is 0 Å². The second-order valence-electron chi connectivity index (χ2n) is 6.26. The third-order valence-corrected chi connectivity index (χ3v) is 4.07. The smallest absolute Gasteiger partial charge is 0.251 e. The molecule has 1 atom stereocenters. The first-order chi connectivity index (χ1) is 12.6. The molecular weight excluding hydrogens is 326 g/mol. The monoisotopic (exact) mass is 353 g/mol. The highest BCUT2D eigenvalue weighted by atomic mass is 16.2. The minimum Gasteiger partial charge on any atom is -0.346 e. The normalized spacial score (nSPS) is 11.6. The molecule has 1 unspecified atom stereocenters. The molecule has 0 bridgehead atoms. The summed E-state index contributed by atoms with van der Waals surface area (Å²) in [5.41, 5.74) is 2.30. The second-order valence-corrected chi connectivity index (χ2v) is 6.26. The average Bonchev–Trinajstić information content (AvgIpc) is 2.66. The summed E-state index contributed by atoms with van der Waals surface area (Å²) in [6.07, 6.45) is 2.15. The van der Waals surface area contributed by atoms with Crippen molar-refractivity contribution in [2.24, 2.45) is 0 Å². The first-order valence-electron chi connectivity index (χ1n) is 9.06. The van der Waals surface area contributed by atoms with Crippen LogP contribution in [0.4, 0.5) is 5.69 Å². The minimum atomic E-state index is -0.138. The summed E-state index contributed by atoms with van der Waals surface area (Å²) in [6.45, 7) is 5.19. The van der Waals surface area contributed by atoms with E-state index >= 15 is 0 Å². The molecule has 2 rings (SSSR count). The Morgan fingerprint density at radius 3 is 2.35 bits per heavy atom. The van der Waals surface area contributed by atoms with E-state index in [2.05, 4.69) is 22.9 Å². The van der Waals surface area contributed by atoms with Crippen LogP contribution in [-0.4, -0.2) is 24.9 Å². The van der Waals surface area contributed by atoms with E-state index in [4.69, 9.17) is 0 Å². The van der Waals surface area contributed by atoms with Gasteiger partial charge in [0.15, 0.2) is 0 Å². The van der Waals surface area contributed by atoms with Crippen molar-refractivity contribution in [3.63, 3.8) is 0 Å². The van der Waals surface area contributed by atoms with Crippen molar-refractivity contribution in [3.8, 4) is 0 Å². The SMILES string of the molecule is CCCCNCC(=O)Nc1ccc(C(=O)NC(C)c2ccccc2)cc1. The maximum atomic E-state index is 12.4. The molecule has 0 saturated carbocycles. The fraction of sp³-hybridized carbons (Fsp3) is 0.333. The van der Waals surface area contributed by atoms with Crippen LogP contribution in [0.5, 0.6) is 0 Å². The molecule has 2 aromatic carbocycles. The van der Waals surface area contributed by atoms with Gasteiger partial charge in [-0.05, 0) is 49.7 Å². The Kier molecular flexibility index (Phi) is 7.83. The van der Waals surface area contributed by atoms with E-state index in [1.165, 1.54) is 0 Å². The van der Waals surface area contributed by atoms with Gasteiger partial charge in [-0.2, -0.15) is 0 Å². The van der Waals surface area contributed by atoms with Crippen LogP contribution in [0.1, 0.15) is 48.7 Å². The van der Waals surface area contributed by atoms with Crippen molar-refractivity contribution >= 4 is 17.5 Å². The van der Waals surface area contributed by atoms with Gasteiger partial charge >= 0.3 is 0 Å². The lowest BCUT2D eigenvalue weighted by molar-refractivity contribution is -0.115. The summed E-state index contributed by atoms with van der Waals surface area (Å²) in [7, 11) is 0. The van der Waals surface area contributed by atoms with Crippen LogP contribution in [0.2, 0.25) is 0 Å². The van der Waals surface area contributed by atoms with Gasteiger partial charge in [0.25, 0.3) is 5.91 Å². The van der Waals surface area contributed by atoms with Gasteiger partial charge < -0.3 is 16.0 Å². The van der Waals surface area contributed by atoms with Crippen LogP contribution >= 0.6 is 0 Å². The molecule has 0 aromatic heterocycles. The zero-order valence-electron chi connectivity index (χ0n) is 15.4. The molecule has 0 aliphatic heterocycles.